The van der Waals surface area contributed by atoms with Crippen molar-refractivity contribution < 1.29 is 4.79 Å². The van der Waals surface area contributed by atoms with E-state index in [1.165, 1.54) is 24.9 Å². The number of nitrogens with one attached hydrogen (secondary N) is 2. The van der Waals surface area contributed by atoms with Gasteiger partial charge in [0.25, 0.3) is 5.91 Å². The summed E-state index contributed by atoms with van der Waals surface area (Å²) < 4.78 is 0. The minimum absolute atomic E-state index is 0.177. The highest BCUT2D eigenvalue weighted by Crippen LogP contribution is 2.23. The van der Waals surface area contributed by atoms with E-state index in [1.54, 1.807) is 6.07 Å². The minimum Gasteiger partial charge on any atom is -0.372 e. The van der Waals surface area contributed by atoms with Crippen molar-refractivity contribution in [3.63, 3.8) is 0 Å². The first-order valence-electron chi connectivity index (χ1n) is 8.84. The average Bonchev–Trinajstić information content (AvgIpc) is 3.15. The lowest BCUT2D eigenvalue weighted by Crippen LogP contribution is -2.28. The van der Waals surface area contributed by atoms with Crippen LogP contribution in [0.15, 0.2) is 36.7 Å². The quantitative estimate of drug-likeness (QED) is 0.846. The Hall–Kier alpha value is -2.63. The van der Waals surface area contributed by atoms with Gasteiger partial charge >= 0.3 is 0 Å². The average molecular weight is 339 g/mol. The summed E-state index contributed by atoms with van der Waals surface area (Å²) in [6.07, 6.45) is 3.94. The molecule has 0 unspecified atom stereocenters. The first-order chi connectivity index (χ1) is 12.1. The molecule has 0 radical (unpaired) electrons. The summed E-state index contributed by atoms with van der Waals surface area (Å²) >= 11 is 0. The van der Waals surface area contributed by atoms with Crippen LogP contribution in [0.4, 0.5) is 17.2 Å². The van der Waals surface area contributed by atoms with Crippen molar-refractivity contribution in [2.45, 2.75) is 26.7 Å². The Balaban J connectivity index is 1.64. The van der Waals surface area contributed by atoms with Crippen LogP contribution in [-0.4, -0.2) is 35.5 Å². The van der Waals surface area contributed by atoms with Gasteiger partial charge < -0.3 is 15.5 Å². The van der Waals surface area contributed by atoms with E-state index in [1.807, 2.05) is 12.1 Å². The van der Waals surface area contributed by atoms with Crippen molar-refractivity contribution in [2.75, 3.05) is 29.9 Å². The molecule has 1 aromatic carbocycles. The molecular formula is C19H25N5O. The second-order valence-electron chi connectivity index (χ2n) is 6.76. The maximum Gasteiger partial charge on any atom is 0.270 e. The number of amides is 1. The summed E-state index contributed by atoms with van der Waals surface area (Å²) in [5, 5.41) is 6.10. The number of rotatable bonds is 6. The van der Waals surface area contributed by atoms with Gasteiger partial charge in [0.05, 0.1) is 0 Å². The summed E-state index contributed by atoms with van der Waals surface area (Å²) in [6, 6.07) is 9.97. The fourth-order valence-corrected chi connectivity index (χ4v) is 2.82. The molecule has 6 heteroatoms. The van der Waals surface area contributed by atoms with E-state index in [-0.39, 0.29) is 5.91 Å². The lowest BCUT2D eigenvalue weighted by molar-refractivity contribution is 0.0944. The number of carbonyl (C=O) groups is 1. The van der Waals surface area contributed by atoms with Gasteiger partial charge in [-0.1, -0.05) is 13.8 Å². The zero-order valence-corrected chi connectivity index (χ0v) is 14.8. The highest BCUT2D eigenvalue weighted by Gasteiger charge is 2.12. The molecular weight excluding hydrogens is 314 g/mol. The van der Waals surface area contributed by atoms with Gasteiger partial charge in [-0.2, -0.15) is 0 Å². The van der Waals surface area contributed by atoms with Crippen LogP contribution < -0.4 is 15.5 Å². The predicted octanol–water partition coefficient (Wildman–Crippen LogP) is 3.21. The number of hydrogen-bond donors (Lipinski definition) is 2. The lowest BCUT2D eigenvalue weighted by Gasteiger charge is -2.17. The van der Waals surface area contributed by atoms with Gasteiger partial charge in [0, 0.05) is 37.1 Å². The molecule has 1 aliphatic rings. The molecule has 3 rings (SSSR count). The zero-order chi connectivity index (χ0) is 17.6. The van der Waals surface area contributed by atoms with Gasteiger partial charge in [0.15, 0.2) is 0 Å². The fraction of sp³-hybridized carbons (Fsp3) is 0.421. The first-order valence-corrected chi connectivity index (χ1v) is 8.84. The Labute approximate surface area is 148 Å². The zero-order valence-electron chi connectivity index (χ0n) is 14.8. The Morgan fingerprint density at radius 3 is 2.56 bits per heavy atom. The first kappa shape index (κ1) is 17.2. The molecule has 1 aliphatic heterocycles. The maximum atomic E-state index is 12.1. The Morgan fingerprint density at radius 1 is 1.16 bits per heavy atom. The van der Waals surface area contributed by atoms with Crippen LogP contribution in [0.1, 0.15) is 37.2 Å². The van der Waals surface area contributed by atoms with Crippen LogP contribution in [0.5, 0.6) is 0 Å². The molecule has 132 valence electrons. The minimum atomic E-state index is -0.177. The van der Waals surface area contributed by atoms with Gasteiger partial charge in [-0.05, 0) is 43.0 Å². The van der Waals surface area contributed by atoms with Crippen molar-refractivity contribution in [2.24, 2.45) is 5.92 Å². The van der Waals surface area contributed by atoms with Crippen LogP contribution in [0.3, 0.4) is 0 Å². The van der Waals surface area contributed by atoms with Crippen molar-refractivity contribution in [3.8, 4) is 0 Å². The Morgan fingerprint density at radius 2 is 1.88 bits per heavy atom. The second-order valence-corrected chi connectivity index (χ2v) is 6.76. The van der Waals surface area contributed by atoms with Gasteiger partial charge in [-0.15, -0.1) is 0 Å². The maximum absolute atomic E-state index is 12.1. The van der Waals surface area contributed by atoms with E-state index in [9.17, 15) is 4.79 Å². The monoisotopic (exact) mass is 339 g/mol. The summed E-state index contributed by atoms with van der Waals surface area (Å²) in [5.41, 5.74) is 2.56. The van der Waals surface area contributed by atoms with E-state index >= 15 is 0 Å². The molecule has 25 heavy (non-hydrogen) atoms. The van der Waals surface area contributed by atoms with Crippen LogP contribution in [0, 0.1) is 5.92 Å². The van der Waals surface area contributed by atoms with Crippen molar-refractivity contribution in [1.82, 2.24) is 15.3 Å². The number of aromatic nitrogens is 2. The van der Waals surface area contributed by atoms with Gasteiger partial charge in [0.2, 0.25) is 0 Å². The van der Waals surface area contributed by atoms with E-state index < -0.39 is 0 Å². The SMILES string of the molecule is CC(C)CNC(=O)c1cc(Nc2ccc(N3CCCC3)cc2)ncn1. The number of anilines is 3. The van der Waals surface area contributed by atoms with Crippen LogP contribution in [0.25, 0.3) is 0 Å². The molecule has 1 saturated heterocycles. The molecule has 0 atom stereocenters. The molecule has 0 bridgehead atoms. The largest absolute Gasteiger partial charge is 0.372 e. The van der Waals surface area contributed by atoms with Gasteiger partial charge in [-0.25, -0.2) is 9.97 Å². The predicted molar refractivity (Wildman–Crippen MR) is 100 cm³/mol. The normalized spacial score (nSPS) is 14.0. The number of benzene rings is 1. The molecule has 1 fully saturated rings. The third kappa shape index (κ3) is 4.68. The van der Waals surface area contributed by atoms with E-state index in [0.717, 1.165) is 18.8 Å². The summed E-state index contributed by atoms with van der Waals surface area (Å²) in [5.74, 6) is 0.833. The van der Waals surface area contributed by atoms with Gasteiger partial charge in [-0.3, -0.25) is 4.79 Å². The second kappa shape index (κ2) is 7.96. The molecule has 0 saturated carbocycles. The highest BCUT2D eigenvalue weighted by molar-refractivity contribution is 5.92. The fourth-order valence-electron chi connectivity index (χ4n) is 2.82. The molecule has 6 nitrogen and oxygen atoms in total. The number of carbonyl (C=O) groups excluding carboxylic acids is 1. The van der Waals surface area contributed by atoms with E-state index in [0.29, 0.717) is 24.0 Å². The van der Waals surface area contributed by atoms with Gasteiger partial charge in [0.1, 0.15) is 17.8 Å². The number of hydrogen-bond acceptors (Lipinski definition) is 5. The van der Waals surface area contributed by atoms with Crippen molar-refractivity contribution >= 4 is 23.1 Å². The van der Waals surface area contributed by atoms with Crippen molar-refractivity contribution in [3.05, 3.63) is 42.4 Å². The molecule has 0 aliphatic carbocycles. The number of nitrogens with zero attached hydrogens (tertiary/aromatic N) is 3. The molecule has 0 spiro atoms. The molecule has 2 N–H and O–H groups in total. The smallest absolute Gasteiger partial charge is 0.270 e. The Bertz CT molecular complexity index is 708. The standard InChI is InChI=1S/C19H25N5O/c1-14(2)12-20-19(25)17-11-18(22-13-21-17)23-15-5-7-16(8-6-15)24-9-3-4-10-24/h5-8,11,13-14H,3-4,9-10,12H2,1-2H3,(H,20,25)(H,21,22,23). The third-order valence-corrected chi connectivity index (χ3v) is 4.18. The topological polar surface area (TPSA) is 70.2 Å². The van der Waals surface area contributed by atoms with Crippen LogP contribution in [0.2, 0.25) is 0 Å². The third-order valence-electron chi connectivity index (χ3n) is 4.18. The summed E-state index contributed by atoms with van der Waals surface area (Å²) in [4.78, 5) is 22.8. The van der Waals surface area contributed by atoms with Crippen LogP contribution >= 0.6 is 0 Å². The van der Waals surface area contributed by atoms with E-state index in [4.69, 9.17) is 0 Å². The highest BCUT2D eigenvalue weighted by atomic mass is 16.1. The molecule has 1 aromatic heterocycles. The van der Waals surface area contributed by atoms with Crippen molar-refractivity contribution in [1.29, 1.82) is 0 Å². The summed E-state index contributed by atoms with van der Waals surface area (Å²) in [6.45, 7) is 7.00. The summed E-state index contributed by atoms with van der Waals surface area (Å²) in [7, 11) is 0. The molecule has 2 heterocycles. The van der Waals surface area contributed by atoms with Crippen LogP contribution in [-0.2, 0) is 0 Å². The molecule has 1 amide bonds. The van der Waals surface area contributed by atoms with E-state index in [2.05, 4.69) is 51.5 Å². The molecule has 2 aromatic rings. The lowest BCUT2D eigenvalue weighted by atomic mass is 10.2. The Kier molecular flexibility index (Phi) is 5.48.